The Morgan fingerprint density at radius 2 is 1.71 bits per heavy atom. The first-order valence-electron chi connectivity index (χ1n) is 6.84. The smallest absolute Gasteiger partial charge is 0.335 e. The molecular formula is C14H18N4O6. The Hall–Kier alpha value is -3.01. The summed E-state index contributed by atoms with van der Waals surface area (Å²) >= 11 is 0. The van der Waals surface area contributed by atoms with Gasteiger partial charge in [-0.3, -0.25) is 29.1 Å². The highest BCUT2D eigenvalue weighted by atomic mass is 16.3. The van der Waals surface area contributed by atoms with Crippen LogP contribution in [0.25, 0.3) is 0 Å². The quantitative estimate of drug-likeness (QED) is 0.534. The van der Waals surface area contributed by atoms with E-state index in [-0.39, 0.29) is 11.8 Å². The van der Waals surface area contributed by atoms with Crippen LogP contribution in [-0.4, -0.2) is 43.6 Å². The highest BCUT2D eigenvalue weighted by Gasteiger charge is 2.24. The van der Waals surface area contributed by atoms with Gasteiger partial charge >= 0.3 is 5.69 Å². The molecule has 1 aromatic heterocycles. The molecule has 10 nitrogen and oxygen atoms in total. The highest BCUT2D eigenvalue weighted by Crippen LogP contribution is 2.07. The maximum atomic E-state index is 10.9. The Bertz CT molecular complexity index is 819. The summed E-state index contributed by atoms with van der Waals surface area (Å²) in [4.78, 5) is 57.3. The molecule has 1 unspecified atom stereocenters. The lowest BCUT2D eigenvalue weighted by molar-refractivity contribution is -0.141. The fourth-order valence-corrected chi connectivity index (χ4v) is 1.70. The minimum Gasteiger partial charge on any atom is -0.356 e. The van der Waals surface area contributed by atoms with E-state index in [1.807, 2.05) is 4.98 Å². The van der Waals surface area contributed by atoms with Gasteiger partial charge in [-0.1, -0.05) is 0 Å². The van der Waals surface area contributed by atoms with Gasteiger partial charge in [0.1, 0.15) is 0 Å². The van der Waals surface area contributed by atoms with Gasteiger partial charge in [-0.15, -0.1) is 0 Å². The summed E-state index contributed by atoms with van der Waals surface area (Å²) in [6, 6.07) is 0. The number of H-pyrrole nitrogens is 1. The molecule has 0 spiro atoms. The molecule has 0 aromatic carbocycles. The SMILES string of the molecule is CC(=O)N1C=C(C)C(=O)NC1O.CC(=O)n1cc(C)c(=O)[nH]c1=O. The van der Waals surface area contributed by atoms with Crippen molar-refractivity contribution in [3.63, 3.8) is 0 Å². The van der Waals surface area contributed by atoms with Crippen LogP contribution in [-0.2, 0) is 9.59 Å². The normalized spacial score (nSPS) is 16.5. The van der Waals surface area contributed by atoms with Crippen molar-refractivity contribution in [2.75, 3.05) is 0 Å². The van der Waals surface area contributed by atoms with Crippen molar-refractivity contribution < 1.29 is 19.5 Å². The van der Waals surface area contributed by atoms with E-state index in [4.69, 9.17) is 5.11 Å². The second-order valence-electron chi connectivity index (χ2n) is 5.05. The van der Waals surface area contributed by atoms with Gasteiger partial charge in [0.2, 0.25) is 18.2 Å². The number of hydrogen-bond donors (Lipinski definition) is 3. The third-order valence-electron chi connectivity index (χ3n) is 3.04. The molecule has 2 rings (SSSR count). The second kappa shape index (κ2) is 7.51. The van der Waals surface area contributed by atoms with Crippen molar-refractivity contribution in [1.29, 1.82) is 0 Å². The fraction of sp³-hybridized carbons (Fsp3) is 0.357. The molecule has 2 heterocycles. The lowest BCUT2D eigenvalue weighted by Gasteiger charge is -2.28. The molecule has 10 heteroatoms. The van der Waals surface area contributed by atoms with Gasteiger partial charge in [0.05, 0.1) is 0 Å². The standard InChI is InChI=1S/C7H10N2O3.C7H8N2O3/c2*1-4-3-9(5(2)10)7(12)8-6(4)11/h3,7,12H,1-2H3,(H,8,11);3H,1-2H3,(H,8,11,12). The maximum Gasteiger partial charge on any atom is 0.335 e. The first kappa shape index (κ1) is 19.0. The van der Waals surface area contributed by atoms with Gasteiger partial charge in [0.15, 0.2) is 0 Å². The summed E-state index contributed by atoms with van der Waals surface area (Å²) in [5.74, 6) is -1.10. The third kappa shape index (κ3) is 4.49. The summed E-state index contributed by atoms with van der Waals surface area (Å²) in [7, 11) is 0. The van der Waals surface area contributed by atoms with Gasteiger partial charge in [-0.2, -0.15) is 0 Å². The number of aliphatic hydroxyl groups is 1. The number of carbonyl (C=O) groups excluding carboxylic acids is 3. The minimum atomic E-state index is -1.24. The second-order valence-corrected chi connectivity index (χ2v) is 5.05. The van der Waals surface area contributed by atoms with Crippen LogP contribution < -0.4 is 16.6 Å². The van der Waals surface area contributed by atoms with Crippen LogP contribution in [0.4, 0.5) is 0 Å². The van der Waals surface area contributed by atoms with E-state index in [1.54, 1.807) is 6.92 Å². The van der Waals surface area contributed by atoms with Crippen molar-refractivity contribution in [3.05, 3.63) is 44.4 Å². The predicted molar refractivity (Wildman–Crippen MR) is 82.8 cm³/mol. The summed E-state index contributed by atoms with van der Waals surface area (Å²) in [6.07, 6.45) is 1.31. The molecule has 0 radical (unpaired) electrons. The lowest BCUT2D eigenvalue weighted by atomic mass is 10.2. The van der Waals surface area contributed by atoms with Crippen LogP contribution in [0.15, 0.2) is 27.6 Å². The van der Waals surface area contributed by atoms with E-state index >= 15 is 0 Å². The molecule has 0 saturated heterocycles. The zero-order valence-corrected chi connectivity index (χ0v) is 13.6. The summed E-state index contributed by atoms with van der Waals surface area (Å²) in [6.45, 7) is 5.65. The van der Waals surface area contributed by atoms with Gasteiger partial charge < -0.3 is 10.4 Å². The zero-order valence-electron chi connectivity index (χ0n) is 13.6. The Kier molecular flexibility index (Phi) is 5.95. The van der Waals surface area contributed by atoms with Crippen LogP contribution in [0.3, 0.4) is 0 Å². The number of rotatable bonds is 0. The Balaban J connectivity index is 0.000000240. The summed E-state index contributed by atoms with van der Waals surface area (Å²) in [5, 5.41) is 11.4. The minimum absolute atomic E-state index is 0.318. The van der Waals surface area contributed by atoms with Crippen LogP contribution in [0.1, 0.15) is 31.1 Å². The number of amides is 2. The van der Waals surface area contributed by atoms with E-state index in [0.29, 0.717) is 11.1 Å². The molecule has 1 aliphatic heterocycles. The number of aliphatic hydroxyl groups excluding tert-OH is 1. The molecule has 130 valence electrons. The Labute approximate surface area is 136 Å². The van der Waals surface area contributed by atoms with Crippen LogP contribution >= 0.6 is 0 Å². The van der Waals surface area contributed by atoms with Crippen molar-refractivity contribution in [2.24, 2.45) is 0 Å². The number of aryl methyl sites for hydroxylation is 1. The van der Waals surface area contributed by atoms with E-state index in [1.165, 1.54) is 33.2 Å². The third-order valence-corrected chi connectivity index (χ3v) is 3.04. The number of carbonyl (C=O) groups is 3. The van der Waals surface area contributed by atoms with Crippen LogP contribution in [0.5, 0.6) is 0 Å². The van der Waals surface area contributed by atoms with Crippen LogP contribution in [0.2, 0.25) is 0 Å². The number of aromatic nitrogens is 2. The fourth-order valence-electron chi connectivity index (χ4n) is 1.70. The molecule has 2 amide bonds. The predicted octanol–water partition coefficient (Wildman–Crippen LogP) is -1.35. The van der Waals surface area contributed by atoms with Crippen molar-refractivity contribution in [2.45, 2.75) is 34.0 Å². The largest absolute Gasteiger partial charge is 0.356 e. The number of nitrogens with one attached hydrogen (secondary N) is 2. The Morgan fingerprint density at radius 1 is 1.12 bits per heavy atom. The molecule has 0 saturated carbocycles. The molecule has 24 heavy (non-hydrogen) atoms. The lowest BCUT2D eigenvalue weighted by Crippen LogP contribution is -2.51. The first-order valence-corrected chi connectivity index (χ1v) is 6.84. The molecule has 0 aliphatic carbocycles. The number of nitrogens with zero attached hydrogens (tertiary/aromatic N) is 2. The Morgan fingerprint density at radius 3 is 2.21 bits per heavy atom. The van der Waals surface area contributed by atoms with E-state index < -0.39 is 23.5 Å². The van der Waals surface area contributed by atoms with Gasteiger partial charge in [-0.05, 0) is 13.8 Å². The van der Waals surface area contributed by atoms with E-state index in [2.05, 4.69) is 5.32 Å². The summed E-state index contributed by atoms with van der Waals surface area (Å²) < 4.78 is 0.858. The number of aromatic amines is 1. The van der Waals surface area contributed by atoms with Crippen molar-refractivity contribution in [1.82, 2.24) is 19.8 Å². The van der Waals surface area contributed by atoms with Crippen molar-refractivity contribution in [3.8, 4) is 0 Å². The highest BCUT2D eigenvalue weighted by molar-refractivity contribution is 5.94. The average molecular weight is 338 g/mol. The van der Waals surface area contributed by atoms with Crippen LogP contribution in [0, 0.1) is 6.92 Å². The van der Waals surface area contributed by atoms with Gasteiger partial charge in [-0.25, -0.2) is 9.36 Å². The molecule has 1 atom stereocenters. The average Bonchev–Trinajstić information content (AvgIpc) is 2.46. The molecule has 0 fully saturated rings. The monoisotopic (exact) mass is 338 g/mol. The summed E-state index contributed by atoms with van der Waals surface area (Å²) in [5.41, 5.74) is -0.420. The van der Waals surface area contributed by atoms with Crippen molar-refractivity contribution >= 4 is 17.7 Å². The molecular weight excluding hydrogens is 320 g/mol. The van der Waals surface area contributed by atoms with E-state index in [0.717, 1.165) is 9.47 Å². The molecule has 0 bridgehead atoms. The molecule has 3 N–H and O–H groups in total. The van der Waals surface area contributed by atoms with Gasteiger partial charge in [0.25, 0.3) is 11.5 Å². The maximum absolute atomic E-state index is 10.9. The molecule has 1 aromatic rings. The first-order chi connectivity index (χ1) is 11.0. The van der Waals surface area contributed by atoms with E-state index in [9.17, 15) is 24.0 Å². The zero-order chi connectivity index (χ0) is 18.6. The molecule has 1 aliphatic rings. The van der Waals surface area contributed by atoms with Gasteiger partial charge in [0, 0.05) is 37.4 Å². The topological polar surface area (TPSA) is 142 Å². The number of hydrogen-bond acceptors (Lipinski definition) is 6.